The Morgan fingerprint density at radius 3 is 2.54 bits per heavy atom. The van der Waals surface area contributed by atoms with Crippen LogP contribution in [0.4, 0.5) is 5.69 Å². The van der Waals surface area contributed by atoms with Gasteiger partial charge >= 0.3 is 5.97 Å². The molecule has 1 aromatic carbocycles. The SMILES string of the molecule is CC(C)N1C(=O)C(=C2SC(=S)N(CC(=O)O)C2=O)c2ccccc21. The molecule has 0 aliphatic carbocycles. The first-order valence-electron chi connectivity index (χ1n) is 7.25. The number of rotatable bonds is 3. The number of carbonyl (C=O) groups is 3. The zero-order chi connectivity index (χ0) is 17.6. The second kappa shape index (κ2) is 6.03. The molecule has 2 aliphatic heterocycles. The number of fused-ring (bicyclic) bond motifs is 1. The molecule has 0 aromatic heterocycles. The first kappa shape index (κ1) is 16.7. The summed E-state index contributed by atoms with van der Waals surface area (Å²) in [6.07, 6.45) is 0. The smallest absolute Gasteiger partial charge is 0.323 e. The minimum absolute atomic E-state index is 0.0691. The lowest BCUT2D eigenvalue weighted by Crippen LogP contribution is -2.35. The zero-order valence-corrected chi connectivity index (χ0v) is 14.6. The second-order valence-electron chi connectivity index (χ2n) is 5.64. The molecule has 0 atom stereocenters. The highest BCUT2D eigenvalue weighted by atomic mass is 32.2. The van der Waals surface area contributed by atoms with Crippen LogP contribution < -0.4 is 4.90 Å². The van der Waals surface area contributed by atoms with Crippen molar-refractivity contribution in [3.63, 3.8) is 0 Å². The molecule has 3 rings (SSSR count). The number of thioether (sulfide) groups is 1. The van der Waals surface area contributed by atoms with Crippen molar-refractivity contribution in [2.75, 3.05) is 11.4 Å². The molecule has 1 N–H and O–H groups in total. The number of carboxylic acids is 1. The van der Waals surface area contributed by atoms with E-state index in [2.05, 4.69) is 0 Å². The topological polar surface area (TPSA) is 77.9 Å². The van der Waals surface area contributed by atoms with Crippen molar-refractivity contribution in [2.45, 2.75) is 19.9 Å². The molecular weight excluding hydrogens is 348 g/mol. The first-order chi connectivity index (χ1) is 11.3. The largest absolute Gasteiger partial charge is 0.480 e. The van der Waals surface area contributed by atoms with Gasteiger partial charge in [0.05, 0.1) is 16.2 Å². The van der Waals surface area contributed by atoms with Crippen LogP contribution in [0, 0.1) is 0 Å². The number of nitrogens with zero attached hydrogens (tertiary/aromatic N) is 2. The monoisotopic (exact) mass is 362 g/mol. The van der Waals surface area contributed by atoms with Gasteiger partial charge in [0, 0.05) is 11.6 Å². The number of carbonyl (C=O) groups excluding carboxylic acids is 2. The Morgan fingerprint density at radius 2 is 1.92 bits per heavy atom. The Morgan fingerprint density at radius 1 is 1.25 bits per heavy atom. The van der Waals surface area contributed by atoms with Crippen LogP contribution in [-0.4, -0.2) is 44.7 Å². The summed E-state index contributed by atoms with van der Waals surface area (Å²) in [5.41, 5.74) is 1.72. The number of thiocarbonyl (C=S) groups is 1. The quantitative estimate of drug-likeness (QED) is 0.655. The van der Waals surface area contributed by atoms with Crippen LogP contribution in [0.25, 0.3) is 5.57 Å². The number of carboxylic acid groups (broad SMARTS) is 1. The summed E-state index contributed by atoms with van der Waals surface area (Å²) in [7, 11) is 0. The molecule has 6 nitrogen and oxygen atoms in total. The third-order valence-corrected chi connectivity index (χ3v) is 5.20. The molecule has 2 heterocycles. The van der Waals surface area contributed by atoms with Crippen molar-refractivity contribution in [1.82, 2.24) is 4.90 Å². The van der Waals surface area contributed by atoms with Crippen molar-refractivity contribution in [3.05, 3.63) is 34.7 Å². The Balaban J connectivity index is 2.14. The van der Waals surface area contributed by atoms with E-state index in [1.54, 1.807) is 17.0 Å². The molecule has 8 heteroatoms. The molecule has 1 fully saturated rings. The summed E-state index contributed by atoms with van der Waals surface area (Å²) in [6, 6.07) is 7.18. The van der Waals surface area contributed by atoms with Crippen LogP contribution >= 0.6 is 24.0 Å². The van der Waals surface area contributed by atoms with Gasteiger partial charge in [-0.1, -0.05) is 42.2 Å². The van der Waals surface area contributed by atoms with Gasteiger partial charge in [0.15, 0.2) is 0 Å². The average Bonchev–Trinajstić information content (AvgIpc) is 2.94. The van der Waals surface area contributed by atoms with E-state index in [1.807, 2.05) is 26.0 Å². The van der Waals surface area contributed by atoms with Crippen LogP contribution in [-0.2, 0) is 14.4 Å². The highest BCUT2D eigenvalue weighted by Gasteiger charge is 2.42. The lowest BCUT2D eigenvalue weighted by atomic mass is 10.1. The van der Waals surface area contributed by atoms with Gasteiger partial charge < -0.3 is 10.0 Å². The second-order valence-corrected chi connectivity index (χ2v) is 7.29. The predicted octanol–water partition coefficient (Wildman–Crippen LogP) is 2.10. The molecule has 2 amide bonds. The standard InChI is InChI=1S/C16H14N2O4S2/c1-8(2)18-10-6-4-3-5-9(10)12(14(18)21)13-15(22)17(7-11(19)20)16(23)24-13/h3-6,8H,7H2,1-2H3,(H,19,20). The maximum Gasteiger partial charge on any atom is 0.323 e. The molecule has 124 valence electrons. The summed E-state index contributed by atoms with van der Waals surface area (Å²) in [4.78, 5) is 39.3. The lowest BCUT2D eigenvalue weighted by Gasteiger charge is -2.21. The van der Waals surface area contributed by atoms with E-state index in [-0.39, 0.29) is 21.2 Å². The Hall–Kier alpha value is -2.19. The zero-order valence-electron chi connectivity index (χ0n) is 13.0. The van der Waals surface area contributed by atoms with E-state index in [4.69, 9.17) is 17.3 Å². The predicted molar refractivity (Wildman–Crippen MR) is 95.5 cm³/mol. The minimum atomic E-state index is -1.15. The van der Waals surface area contributed by atoms with Crippen molar-refractivity contribution in [2.24, 2.45) is 0 Å². The Bertz CT molecular complexity index is 816. The van der Waals surface area contributed by atoms with E-state index >= 15 is 0 Å². The highest BCUT2D eigenvalue weighted by molar-refractivity contribution is 8.26. The van der Waals surface area contributed by atoms with Crippen LogP contribution in [0.3, 0.4) is 0 Å². The first-order valence-corrected chi connectivity index (χ1v) is 8.48. The number of hydrogen-bond acceptors (Lipinski definition) is 5. The van der Waals surface area contributed by atoms with Crippen LogP contribution in [0.1, 0.15) is 19.4 Å². The maximum atomic E-state index is 12.9. The molecule has 0 saturated carbocycles. The number of benzene rings is 1. The lowest BCUT2D eigenvalue weighted by molar-refractivity contribution is -0.140. The van der Waals surface area contributed by atoms with Gasteiger partial charge in [0.25, 0.3) is 11.8 Å². The van der Waals surface area contributed by atoms with E-state index in [9.17, 15) is 14.4 Å². The molecule has 24 heavy (non-hydrogen) atoms. The third-order valence-electron chi connectivity index (χ3n) is 3.75. The number of para-hydroxylation sites is 1. The summed E-state index contributed by atoms with van der Waals surface area (Å²) in [6.45, 7) is 3.28. The molecule has 1 saturated heterocycles. The summed E-state index contributed by atoms with van der Waals surface area (Å²) in [5, 5.41) is 8.93. The molecule has 0 radical (unpaired) electrons. The molecular formula is C16H14N2O4S2. The molecule has 1 aromatic rings. The van der Waals surface area contributed by atoms with Gasteiger partial charge in [0.2, 0.25) is 0 Å². The average molecular weight is 362 g/mol. The van der Waals surface area contributed by atoms with E-state index in [0.29, 0.717) is 11.1 Å². The highest BCUT2D eigenvalue weighted by Crippen LogP contribution is 2.45. The molecule has 0 spiro atoms. The minimum Gasteiger partial charge on any atom is -0.480 e. The molecule has 0 bridgehead atoms. The fourth-order valence-corrected chi connectivity index (χ4v) is 4.12. The van der Waals surface area contributed by atoms with E-state index in [0.717, 1.165) is 22.3 Å². The Kier molecular flexibility index (Phi) is 4.18. The number of hydrogen-bond donors (Lipinski definition) is 1. The van der Waals surface area contributed by atoms with Gasteiger partial charge in [-0.2, -0.15) is 0 Å². The number of anilines is 1. The van der Waals surface area contributed by atoms with Crippen molar-refractivity contribution in [3.8, 4) is 0 Å². The van der Waals surface area contributed by atoms with Gasteiger partial charge in [-0.25, -0.2) is 0 Å². The molecule has 0 unspecified atom stereocenters. The van der Waals surface area contributed by atoms with Gasteiger partial charge in [-0.15, -0.1) is 0 Å². The normalized spacial score (nSPS) is 20.4. The van der Waals surface area contributed by atoms with E-state index in [1.165, 1.54) is 0 Å². The van der Waals surface area contributed by atoms with Crippen LogP contribution in [0.2, 0.25) is 0 Å². The summed E-state index contributed by atoms with van der Waals surface area (Å²) < 4.78 is 0.151. The van der Waals surface area contributed by atoms with Crippen LogP contribution in [0.15, 0.2) is 29.2 Å². The van der Waals surface area contributed by atoms with Gasteiger partial charge in [-0.05, 0) is 19.9 Å². The maximum absolute atomic E-state index is 12.9. The summed E-state index contributed by atoms with van der Waals surface area (Å²) in [5.74, 6) is -1.95. The number of aliphatic carboxylic acids is 1. The van der Waals surface area contributed by atoms with E-state index < -0.39 is 18.4 Å². The third kappa shape index (κ3) is 2.51. The van der Waals surface area contributed by atoms with Crippen molar-refractivity contribution in [1.29, 1.82) is 0 Å². The van der Waals surface area contributed by atoms with Gasteiger partial charge in [0.1, 0.15) is 10.9 Å². The van der Waals surface area contributed by atoms with Crippen molar-refractivity contribution >= 4 is 57.3 Å². The Labute approximate surface area is 148 Å². The van der Waals surface area contributed by atoms with Gasteiger partial charge in [-0.3, -0.25) is 19.3 Å². The summed E-state index contributed by atoms with van der Waals surface area (Å²) >= 11 is 6.09. The van der Waals surface area contributed by atoms with Crippen molar-refractivity contribution < 1.29 is 19.5 Å². The number of amides is 2. The van der Waals surface area contributed by atoms with Crippen LogP contribution in [0.5, 0.6) is 0 Å². The fourth-order valence-electron chi connectivity index (χ4n) is 2.79. The fraction of sp³-hybridized carbons (Fsp3) is 0.250. The molecule has 2 aliphatic rings.